The number of benzene rings is 2. The summed E-state index contributed by atoms with van der Waals surface area (Å²) in [5.74, 6) is -1.94. The first-order chi connectivity index (χ1) is 25.8. The van der Waals surface area contributed by atoms with Crippen LogP contribution in [0.15, 0.2) is 36.4 Å². The Hall–Kier alpha value is -3.40. The van der Waals surface area contributed by atoms with Gasteiger partial charge in [-0.3, -0.25) is 24.0 Å². The van der Waals surface area contributed by atoms with E-state index in [0.717, 1.165) is 30.0 Å². The lowest BCUT2D eigenvalue weighted by Gasteiger charge is -2.36. The number of ether oxygens (including phenoxy) is 1. The van der Waals surface area contributed by atoms with Crippen LogP contribution in [0.3, 0.4) is 0 Å². The second kappa shape index (κ2) is 14.5. The van der Waals surface area contributed by atoms with Gasteiger partial charge < -0.3 is 20.3 Å². The Morgan fingerprint density at radius 1 is 1.05 bits per heavy atom. The maximum atomic E-state index is 14.7. The van der Waals surface area contributed by atoms with Gasteiger partial charge in [-0.15, -0.1) is 0 Å². The molecule has 4 fully saturated rings. The summed E-state index contributed by atoms with van der Waals surface area (Å²) in [5.41, 5.74) is -0.719. The van der Waals surface area contributed by atoms with E-state index >= 15 is 0 Å². The number of nitrogens with one attached hydrogen (secondary N) is 3. The van der Waals surface area contributed by atoms with E-state index in [1.807, 2.05) is 18.2 Å². The number of halogens is 4. The molecule has 3 aliphatic carbocycles. The third-order valence-corrected chi connectivity index (χ3v) is 13.9. The summed E-state index contributed by atoms with van der Waals surface area (Å²) >= 11 is 6.43. The standard InChI is InChI=1S/C39H49ClF3N5O6S/c1-5-22-11-12-25(15-29(22)39(41,42)43)44-33(37(2,3)4)35(50)48-19-26(54-21-47-18-24-7-6-8-31(40)28(24)20-47)16-32(48)34(49)45-38(17-30(38)23-9-10-23)36(51)46-55(52,53)27-13-14-27/h6-8,11-12,15,23,26-27,30,32-33,44H,5,9-10,13-14,16-21H2,1-4H3,(H,45,49)(H,46,51). The zero-order valence-electron chi connectivity index (χ0n) is 31.5. The van der Waals surface area contributed by atoms with Gasteiger partial charge in [0.15, 0.2) is 0 Å². The molecule has 300 valence electrons. The molecule has 55 heavy (non-hydrogen) atoms. The predicted molar refractivity (Wildman–Crippen MR) is 200 cm³/mol. The SMILES string of the molecule is CCc1ccc(NC(C(=O)N2CC(OCN3Cc4cccc(Cl)c4C3)CC2C(=O)NC2(C(=O)NS(=O)(=O)C3CC3)CC2C2CC2)C(C)(C)C)cc1C(F)(F)F. The van der Waals surface area contributed by atoms with Crippen LogP contribution in [0.2, 0.25) is 5.02 Å². The second-order valence-corrected chi connectivity index (χ2v) is 19.3. The maximum absolute atomic E-state index is 14.7. The number of alkyl halides is 3. The van der Waals surface area contributed by atoms with Crippen molar-refractivity contribution in [2.75, 3.05) is 18.6 Å². The van der Waals surface area contributed by atoms with Crippen molar-refractivity contribution in [2.24, 2.45) is 17.3 Å². The monoisotopic (exact) mass is 807 g/mol. The first-order valence-corrected chi connectivity index (χ1v) is 21.0. The Balaban J connectivity index is 1.14. The number of carbonyl (C=O) groups is 3. The molecule has 3 amide bonds. The van der Waals surface area contributed by atoms with Gasteiger partial charge in [-0.05, 0) is 90.7 Å². The lowest BCUT2D eigenvalue weighted by molar-refractivity contribution is -0.141. The van der Waals surface area contributed by atoms with E-state index in [9.17, 15) is 36.0 Å². The molecule has 5 aliphatic rings. The quantitative estimate of drug-likeness (QED) is 0.238. The predicted octanol–water partition coefficient (Wildman–Crippen LogP) is 5.60. The molecule has 16 heteroatoms. The van der Waals surface area contributed by atoms with E-state index in [0.29, 0.717) is 31.0 Å². The van der Waals surface area contributed by atoms with Crippen LogP contribution in [0.1, 0.15) is 88.5 Å². The fourth-order valence-electron chi connectivity index (χ4n) is 8.18. The van der Waals surface area contributed by atoms with Gasteiger partial charge >= 0.3 is 6.18 Å². The van der Waals surface area contributed by atoms with Crippen LogP contribution in [-0.2, 0) is 54.8 Å². The number of fused-ring (bicyclic) bond motifs is 1. The van der Waals surface area contributed by atoms with Gasteiger partial charge in [0.2, 0.25) is 21.8 Å². The molecule has 3 N–H and O–H groups in total. The van der Waals surface area contributed by atoms with Crippen molar-refractivity contribution in [1.29, 1.82) is 0 Å². The minimum Gasteiger partial charge on any atom is -0.373 e. The highest BCUT2D eigenvalue weighted by Crippen LogP contribution is 2.57. The number of sulfonamides is 1. The van der Waals surface area contributed by atoms with E-state index in [2.05, 4.69) is 20.3 Å². The number of rotatable bonds is 13. The van der Waals surface area contributed by atoms with Crippen molar-refractivity contribution in [3.8, 4) is 0 Å². The number of amides is 3. The third-order valence-electron chi connectivity index (χ3n) is 11.7. The van der Waals surface area contributed by atoms with Crippen LogP contribution in [0, 0.1) is 17.3 Å². The number of hydrogen-bond acceptors (Lipinski definition) is 8. The average molecular weight is 808 g/mol. The van der Waals surface area contributed by atoms with Crippen LogP contribution in [0.5, 0.6) is 0 Å². The number of likely N-dealkylation sites (tertiary alicyclic amines) is 1. The normalized spacial score (nSPS) is 26.0. The van der Waals surface area contributed by atoms with Crippen molar-refractivity contribution in [2.45, 2.75) is 121 Å². The molecular formula is C39H49ClF3N5O6S. The molecule has 3 saturated carbocycles. The summed E-state index contributed by atoms with van der Waals surface area (Å²) in [7, 11) is -3.89. The summed E-state index contributed by atoms with van der Waals surface area (Å²) in [6.45, 7) is 8.36. The molecule has 2 aliphatic heterocycles. The molecule has 2 heterocycles. The fourth-order valence-corrected chi connectivity index (χ4v) is 9.80. The smallest absolute Gasteiger partial charge is 0.373 e. The van der Waals surface area contributed by atoms with Crippen LogP contribution in [0.25, 0.3) is 0 Å². The van der Waals surface area contributed by atoms with Crippen molar-refractivity contribution < 1.29 is 40.7 Å². The van der Waals surface area contributed by atoms with Gasteiger partial charge in [0.1, 0.15) is 24.4 Å². The van der Waals surface area contributed by atoms with Gasteiger partial charge in [0.05, 0.1) is 16.9 Å². The first-order valence-electron chi connectivity index (χ1n) is 19.1. The van der Waals surface area contributed by atoms with Gasteiger partial charge in [-0.2, -0.15) is 13.2 Å². The topological polar surface area (TPSA) is 137 Å². The highest BCUT2D eigenvalue weighted by Gasteiger charge is 2.67. The number of aryl methyl sites for hydroxylation is 1. The maximum Gasteiger partial charge on any atom is 0.416 e. The minimum absolute atomic E-state index is 0.0105. The molecule has 5 unspecified atom stereocenters. The Morgan fingerprint density at radius 2 is 1.78 bits per heavy atom. The Morgan fingerprint density at radius 3 is 2.40 bits per heavy atom. The molecule has 2 aromatic rings. The summed E-state index contributed by atoms with van der Waals surface area (Å²) in [6, 6.07) is 7.48. The molecule has 0 aromatic heterocycles. The highest BCUT2D eigenvalue weighted by atomic mass is 35.5. The molecule has 1 saturated heterocycles. The Bertz CT molecular complexity index is 1970. The fraction of sp³-hybridized carbons (Fsp3) is 0.615. The number of nitrogens with zero attached hydrogens (tertiary/aromatic N) is 2. The molecule has 0 spiro atoms. The van der Waals surface area contributed by atoms with Crippen LogP contribution >= 0.6 is 11.6 Å². The molecular weight excluding hydrogens is 759 g/mol. The second-order valence-electron chi connectivity index (χ2n) is 17.0. The van der Waals surface area contributed by atoms with Crippen LogP contribution in [0.4, 0.5) is 18.9 Å². The van der Waals surface area contributed by atoms with E-state index in [1.165, 1.54) is 17.0 Å². The van der Waals surface area contributed by atoms with Crippen molar-refractivity contribution in [3.05, 3.63) is 63.7 Å². The zero-order chi connectivity index (χ0) is 39.7. The molecule has 5 atom stereocenters. The lowest BCUT2D eigenvalue weighted by atomic mass is 9.85. The summed E-state index contributed by atoms with van der Waals surface area (Å²) in [6.07, 6.45) is -1.98. The number of carbonyl (C=O) groups excluding carboxylic acids is 3. The van der Waals surface area contributed by atoms with Crippen molar-refractivity contribution in [1.82, 2.24) is 19.8 Å². The number of anilines is 1. The summed E-state index contributed by atoms with van der Waals surface area (Å²) in [4.78, 5) is 46.2. The molecule has 2 aromatic carbocycles. The van der Waals surface area contributed by atoms with Gasteiger partial charge in [0, 0.05) is 36.8 Å². The number of hydrogen-bond donors (Lipinski definition) is 3. The van der Waals surface area contributed by atoms with Crippen molar-refractivity contribution in [3.63, 3.8) is 0 Å². The van der Waals surface area contributed by atoms with E-state index in [4.69, 9.17) is 16.3 Å². The molecule has 0 bridgehead atoms. The van der Waals surface area contributed by atoms with E-state index < -0.39 is 73.9 Å². The lowest BCUT2D eigenvalue weighted by Crippen LogP contribution is -2.58. The van der Waals surface area contributed by atoms with Crippen LogP contribution in [-0.4, -0.2) is 78.2 Å². The third kappa shape index (κ3) is 8.36. The van der Waals surface area contributed by atoms with Gasteiger partial charge in [-0.1, -0.05) is 57.5 Å². The van der Waals surface area contributed by atoms with E-state index in [-0.39, 0.29) is 55.6 Å². The zero-order valence-corrected chi connectivity index (χ0v) is 33.0. The van der Waals surface area contributed by atoms with E-state index in [1.54, 1.807) is 27.7 Å². The molecule has 7 rings (SSSR count). The largest absolute Gasteiger partial charge is 0.416 e. The summed E-state index contributed by atoms with van der Waals surface area (Å²) < 4.78 is 76.3. The minimum atomic E-state index is -4.60. The highest BCUT2D eigenvalue weighted by molar-refractivity contribution is 7.91. The van der Waals surface area contributed by atoms with Crippen LogP contribution < -0.4 is 15.4 Å². The average Bonchev–Trinajstić information content (AvgIpc) is 4.03. The summed E-state index contributed by atoms with van der Waals surface area (Å²) in [5, 5.41) is 6.01. The Labute approximate surface area is 325 Å². The Kier molecular flexibility index (Phi) is 10.5. The van der Waals surface area contributed by atoms with Gasteiger partial charge in [-0.25, -0.2) is 8.42 Å². The molecule has 11 nitrogen and oxygen atoms in total. The van der Waals surface area contributed by atoms with Gasteiger partial charge in [0.25, 0.3) is 5.91 Å². The molecule has 0 radical (unpaired) electrons. The first kappa shape index (κ1) is 39.8. The van der Waals surface area contributed by atoms with Crippen molar-refractivity contribution >= 4 is 45.0 Å².